The molecule has 0 spiro atoms. The van der Waals surface area contributed by atoms with Crippen molar-refractivity contribution in [2.75, 3.05) is 26.2 Å². The van der Waals surface area contributed by atoms with Gasteiger partial charge < -0.3 is 5.32 Å². The highest BCUT2D eigenvalue weighted by Crippen LogP contribution is 2.33. The monoisotopic (exact) mass is 340 g/mol. The summed E-state index contributed by atoms with van der Waals surface area (Å²) < 4.78 is 55.1. The summed E-state index contributed by atoms with van der Waals surface area (Å²) in [6, 6.07) is -0.393. The van der Waals surface area contributed by atoms with Crippen molar-refractivity contribution in [3.05, 3.63) is 34.9 Å². The molecular weight excluding hydrogens is 320 g/mol. The third kappa shape index (κ3) is 4.12. The molecule has 0 radical (unpaired) electrons. The largest absolute Gasteiger partial charge is 0.314 e. The molecule has 0 amide bonds. The van der Waals surface area contributed by atoms with Gasteiger partial charge in [-0.15, -0.1) is 12.4 Å². The van der Waals surface area contributed by atoms with Gasteiger partial charge in [-0.3, -0.25) is 4.90 Å². The predicted molar refractivity (Wildman–Crippen MR) is 80.2 cm³/mol. The number of nitrogens with zero attached hydrogens (tertiary/aromatic N) is 1. The molecule has 1 fully saturated rings. The number of nitrogens with one attached hydrogen (secondary N) is 1. The first-order valence-corrected chi connectivity index (χ1v) is 7.19. The second-order valence-electron chi connectivity index (χ2n) is 5.81. The van der Waals surface area contributed by atoms with Gasteiger partial charge in [-0.1, -0.05) is 13.8 Å². The molecule has 0 aliphatic carbocycles. The summed E-state index contributed by atoms with van der Waals surface area (Å²) in [6.45, 7) is 6.40. The van der Waals surface area contributed by atoms with Gasteiger partial charge in [0.15, 0.2) is 23.3 Å². The van der Waals surface area contributed by atoms with E-state index in [2.05, 4.69) is 5.32 Å². The van der Waals surface area contributed by atoms with E-state index < -0.39 is 34.9 Å². The summed E-state index contributed by atoms with van der Waals surface area (Å²) in [7, 11) is 0. The molecule has 0 saturated carbocycles. The van der Waals surface area contributed by atoms with E-state index in [1.807, 2.05) is 18.7 Å². The molecule has 0 unspecified atom stereocenters. The number of halogens is 5. The van der Waals surface area contributed by atoms with Crippen molar-refractivity contribution < 1.29 is 17.6 Å². The number of hydrogen-bond acceptors (Lipinski definition) is 2. The van der Waals surface area contributed by atoms with Crippen molar-refractivity contribution in [2.24, 2.45) is 5.92 Å². The van der Waals surface area contributed by atoms with E-state index in [1.165, 1.54) is 0 Å². The molecule has 22 heavy (non-hydrogen) atoms. The molecule has 126 valence electrons. The Bertz CT molecular complexity index is 479. The highest BCUT2D eigenvalue weighted by molar-refractivity contribution is 5.85. The first-order chi connectivity index (χ1) is 9.91. The van der Waals surface area contributed by atoms with Crippen molar-refractivity contribution in [1.29, 1.82) is 0 Å². The highest BCUT2D eigenvalue weighted by atomic mass is 35.5. The Morgan fingerprint density at radius 3 is 2.00 bits per heavy atom. The minimum Gasteiger partial charge on any atom is -0.314 e. The molecule has 1 heterocycles. The van der Waals surface area contributed by atoms with Crippen LogP contribution in [0.1, 0.15) is 31.9 Å². The van der Waals surface area contributed by atoms with Gasteiger partial charge in [0.2, 0.25) is 0 Å². The second kappa shape index (κ2) is 8.13. The summed E-state index contributed by atoms with van der Waals surface area (Å²) in [6.07, 6.45) is 0.441. The zero-order valence-electron chi connectivity index (χ0n) is 12.6. The van der Waals surface area contributed by atoms with Crippen molar-refractivity contribution >= 4 is 12.4 Å². The van der Waals surface area contributed by atoms with Gasteiger partial charge in [-0.05, 0) is 12.3 Å². The van der Waals surface area contributed by atoms with Gasteiger partial charge in [-0.2, -0.15) is 0 Å². The van der Waals surface area contributed by atoms with Gasteiger partial charge >= 0.3 is 0 Å². The third-order valence-electron chi connectivity index (χ3n) is 3.77. The maximum Gasteiger partial charge on any atom is 0.166 e. The molecule has 1 aromatic rings. The summed E-state index contributed by atoms with van der Waals surface area (Å²) in [5.74, 6) is -5.09. The van der Waals surface area contributed by atoms with Crippen LogP contribution in [0.25, 0.3) is 0 Å². The Morgan fingerprint density at radius 2 is 1.55 bits per heavy atom. The third-order valence-corrected chi connectivity index (χ3v) is 3.77. The standard InChI is InChI=1S/C15H20F4N2.ClH/c1-9(2)7-12(21-5-3-20-4-6-21)13-14(18)10(16)8-11(17)15(13)19;/h8-9,12,20H,3-7H2,1-2H3;1H/t12-;/m1./s1. The molecule has 7 heteroatoms. The van der Waals surface area contributed by atoms with Gasteiger partial charge in [0.05, 0.1) is 0 Å². The van der Waals surface area contributed by atoms with Crippen LogP contribution >= 0.6 is 12.4 Å². The lowest BCUT2D eigenvalue weighted by Crippen LogP contribution is -2.46. The lowest BCUT2D eigenvalue weighted by molar-refractivity contribution is 0.146. The molecule has 1 aliphatic rings. The molecule has 1 atom stereocenters. The molecule has 1 aliphatic heterocycles. The number of rotatable bonds is 4. The zero-order valence-corrected chi connectivity index (χ0v) is 13.5. The molecular formula is C15H21ClF4N2. The van der Waals surface area contributed by atoms with Crippen LogP contribution in [0.15, 0.2) is 6.07 Å². The van der Waals surface area contributed by atoms with Gasteiger partial charge in [0, 0.05) is 43.9 Å². The van der Waals surface area contributed by atoms with E-state index in [0.717, 1.165) is 0 Å². The van der Waals surface area contributed by atoms with Gasteiger partial charge in [0.25, 0.3) is 0 Å². The average molecular weight is 341 g/mol. The molecule has 2 nitrogen and oxygen atoms in total. The normalized spacial score (nSPS) is 17.4. The quantitative estimate of drug-likeness (QED) is 0.665. The minimum absolute atomic E-state index is 0. The van der Waals surface area contributed by atoms with Crippen molar-refractivity contribution in [2.45, 2.75) is 26.3 Å². The van der Waals surface area contributed by atoms with Crippen LogP contribution in [-0.4, -0.2) is 31.1 Å². The van der Waals surface area contributed by atoms with E-state index in [9.17, 15) is 17.6 Å². The predicted octanol–water partition coefficient (Wildman–Crippen LogP) is 3.66. The fourth-order valence-electron chi connectivity index (χ4n) is 2.77. The maximum atomic E-state index is 14.1. The fraction of sp³-hybridized carbons (Fsp3) is 0.600. The average Bonchev–Trinajstić information content (AvgIpc) is 2.45. The van der Waals surface area contributed by atoms with Gasteiger partial charge in [-0.25, -0.2) is 17.6 Å². The van der Waals surface area contributed by atoms with Crippen LogP contribution < -0.4 is 5.32 Å². The number of benzene rings is 1. The lowest BCUT2D eigenvalue weighted by Gasteiger charge is -2.36. The molecule has 0 bridgehead atoms. The van der Waals surface area contributed by atoms with Crippen molar-refractivity contribution in [1.82, 2.24) is 10.2 Å². The SMILES string of the molecule is CC(C)C[C@H](c1c(F)c(F)cc(F)c1F)N1CCNCC1.Cl. The number of hydrogen-bond donors (Lipinski definition) is 1. The van der Waals surface area contributed by atoms with E-state index in [0.29, 0.717) is 32.6 Å². The summed E-state index contributed by atoms with van der Waals surface area (Å²) in [5, 5.41) is 3.15. The van der Waals surface area contributed by atoms with Crippen molar-refractivity contribution in [3.63, 3.8) is 0 Å². The summed E-state index contributed by atoms with van der Waals surface area (Å²) in [5.41, 5.74) is -0.483. The van der Waals surface area contributed by atoms with Crippen molar-refractivity contribution in [3.8, 4) is 0 Å². The van der Waals surface area contributed by atoms with E-state index in [4.69, 9.17) is 0 Å². The first kappa shape index (κ1) is 19.2. The maximum absolute atomic E-state index is 14.1. The Labute approximate surface area is 134 Å². The van der Waals surface area contributed by atoms with Crippen LogP contribution in [0.4, 0.5) is 17.6 Å². The van der Waals surface area contributed by atoms with E-state index >= 15 is 0 Å². The topological polar surface area (TPSA) is 15.3 Å². The number of piperazine rings is 1. The molecule has 2 rings (SSSR count). The van der Waals surface area contributed by atoms with Crippen LogP contribution in [0.3, 0.4) is 0 Å². The zero-order chi connectivity index (χ0) is 15.6. The van der Waals surface area contributed by atoms with Crippen LogP contribution in [-0.2, 0) is 0 Å². The minimum atomic E-state index is -1.34. The highest BCUT2D eigenvalue weighted by Gasteiger charge is 2.31. The molecule has 1 saturated heterocycles. The second-order valence-corrected chi connectivity index (χ2v) is 5.81. The Balaban J connectivity index is 0.00000242. The smallest absolute Gasteiger partial charge is 0.166 e. The molecule has 0 aromatic heterocycles. The van der Waals surface area contributed by atoms with Crippen LogP contribution in [0.5, 0.6) is 0 Å². The summed E-state index contributed by atoms with van der Waals surface area (Å²) >= 11 is 0. The van der Waals surface area contributed by atoms with Gasteiger partial charge in [0.1, 0.15) is 0 Å². The summed E-state index contributed by atoms with van der Waals surface area (Å²) in [4.78, 5) is 1.89. The van der Waals surface area contributed by atoms with E-state index in [1.54, 1.807) is 0 Å². The first-order valence-electron chi connectivity index (χ1n) is 7.19. The lowest BCUT2D eigenvalue weighted by atomic mass is 9.94. The Morgan fingerprint density at radius 1 is 1.05 bits per heavy atom. The van der Waals surface area contributed by atoms with E-state index in [-0.39, 0.29) is 24.4 Å². The van der Waals surface area contributed by atoms with Crippen LogP contribution in [0, 0.1) is 29.2 Å². The molecule has 1 N–H and O–H groups in total. The van der Waals surface area contributed by atoms with Crippen LogP contribution in [0.2, 0.25) is 0 Å². The molecule has 1 aromatic carbocycles. The Kier molecular flexibility index (Phi) is 7.09. The Hall–Kier alpha value is -0.850. The fourth-order valence-corrected chi connectivity index (χ4v) is 2.77.